The van der Waals surface area contributed by atoms with Gasteiger partial charge in [-0.05, 0) is 32.4 Å². The molecule has 0 saturated carbocycles. The summed E-state index contributed by atoms with van der Waals surface area (Å²) in [6, 6.07) is 3.15. The summed E-state index contributed by atoms with van der Waals surface area (Å²) >= 11 is 0. The molecule has 0 fully saturated rings. The zero-order valence-corrected chi connectivity index (χ0v) is 14.2. The first-order valence-electron chi connectivity index (χ1n) is 8.11. The standard InChI is InChI=1S/C16H22F3N5O/c1-3-23(15(25)21-9-5-7-16(17,18)19)14-11-24(22-12(14)2)13-6-4-8-20-10-13/h4,6,8,10-12,22H,3,5,7,9H2,1-2H3,(H,21,25). The number of amides is 2. The molecule has 9 heteroatoms. The summed E-state index contributed by atoms with van der Waals surface area (Å²) in [6.07, 6.45) is -0.102. The van der Waals surface area contributed by atoms with Crippen molar-refractivity contribution >= 4 is 11.7 Å². The molecule has 0 spiro atoms. The second-order valence-electron chi connectivity index (χ2n) is 5.68. The predicted molar refractivity (Wildman–Crippen MR) is 88.5 cm³/mol. The fraction of sp³-hybridized carbons (Fsp3) is 0.500. The van der Waals surface area contributed by atoms with Crippen LogP contribution in [0.2, 0.25) is 0 Å². The lowest BCUT2D eigenvalue weighted by Crippen LogP contribution is -2.43. The van der Waals surface area contributed by atoms with E-state index in [-0.39, 0.29) is 19.0 Å². The quantitative estimate of drug-likeness (QED) is 0.769. The van der Waals surface area contributed by atoms with Crippen molar-refractivity contribution in [3.63, 3.8) is 0 Å². The monoisotopic (exact) mass is 357 g/mol. The Hall–Kier alpha value is -2.29. The van der Waals surface area contributed by atoms with Crippen LogP contribution in [0.5, 0.6) is 0 Å². The van der Waals surface area contributed by atoms with E-state index in [2.05, 4.69) is 15.7 Å². The maximum absolute atomic E-state index is 12.3. The van der Waals surface area contributed by atoms with E-state index in [1.54, 1.807) is 29.7 Å². The normalized spacial score (nSPS) is 17.4. The van der Waals surface area contributed by atoms with Crippen LogP contribution in [-0.4, -0.2) is 41.2 Å². The Labute approximate surface area is 144 Å². The number of nitrogens with one attached hydrogen (secondary N) is 2. The number of halogens is 3. The number of alkyl halides is 3. The molecule has 0 saturated heterocycles. The van der Waals surface area contributed by atoms with E-state index in [0.717, 1.165) is 11.4 Å². The molecule has 1 unspecified atom stereocenters. The molecule has 25 heavy (non-hydrogen) atoms. The summed E-state index contributed by atoms with van der Waals surface area (Å²) in [5.41, 5.74) is 4.77. The van der Waals surface area contributed by atoms with Gasteiger partial charge in [-0.15, -0.1) is 0 Å². The zero-order chi connectivity index (χ0) is 18.4. The number of nitrogens with zero attached hydrogens (tertiary/aromatic N) is 3. The molecule has 2 rings (SSSR count). The predicted octanol–water partition coefficient (Wildman–Crippen LogP) is 3.01. The van der Waals surface area contributed by atoms with Gasteiger partial charge in [-0.25, -0.2) is 10.2 Å². The Morgan fingerprint density at radius 3 is 2.84 bits per heavy atom. The molecule has 6 nitrogen and oxygen atoms in total. The molecule has 0 bridgehead atoms. The minimum absolute atomic E-state index is 0.0176. The molecular weight excluding hydrogens is 335 g/mol. The highest BCUT2D eigenvalue weighted by atomic mass is 19.4. The number of hydrogen-bond donors (Lipinski definition) is 2. The molecule has 1 aromatic heterocycles. The maximum atomic E-state index is 12.3. The number of rotatable bonds is 6. The molecule has 1 aromatic rings. The fourth-order valence-corrected chi connectivity index (χ4v) is 2.53. The molecule has 2 heterocycles. The summed E-state index contributed by atoms with van der Waals surface area (Å²) < 4.78 is 36.5. The number of pyridine rings is 1. The van der Waals surface area contributed by atoms with Gasteiger partial charge < -0.3 is 5.32 Å². The van der Waals surface area contributed by atoms with E-state index >= 15 is 0 Å². The first kappa shape index (κ1) is 19.0. The lowest BCUT2D eigenvalue weighted by atomic mass is 10.2. The van der Waals surface area contributed by atoms with Gasteiger partial charge in [0.05, 0.1) is 23.6 Å². The first-order valence-corrected chi connectivity index (χ1v) is 8.11. The van der Waals surface area contributed by atoms with Crippen LogP contribution in [0.25, 0.3) is 0 Å². The van der Waals surface area contributed by atoms with E-state index in [1.807, 2.05) is 19.9 Å². The average Bonchev–Trinajstić information content (AvgIpc) is 2.94. The van der Waals surface area contributed by atoms with Crippen molar-refractivity contribution in [1.29, 1.82) is 0 Å². The van der Waals surface area contributed by atoms with Gasteiger partial charge in [0.1, 0.15) is 0 Å². The van der Waals surface area contributed by atoms with Crippen molar-refractivity contribution in [2.45, 2.75) is 38.9 Å². The number of carbonyl (C=O) groups excluding carboxylic acids is 1. The minimum atomic E-state index is -4.20. The molecule has 2 N–H and O–H groups in total. The van der Waals surface area contributed by atoms with Crippen molar-refractivity contribution in [2.24, 2.45) is 0 Å². The van der Waals surface area contributed by atoms with Crippen LogP contribution < -0.4 is 15.8 Å². The van der Waals surface area contributed by atoms with Crippen molar-refractivity contribution in [2.75, 3.05) is 18.1 Å². The van der Waals surface area contributed by atoms with Crippen LogP contribution in [0.15, 0.2) is 36.4 Å². The van der Waals surface area contributed by atoms with E-state index in [9.17, 15) is 18.0 Å². The molecule has 0 radical (unpaired) electrons. The third-order valence-corrected chi connectivity index (χ3v) is 3.75. The molecule has 2 amide bonds. The third kappa shape index (κ3) is 5.35. The Bertz CT molecular complexity index is 606. The number of hydrogen-bond acceptors (Lipinski definition) is 4. The highest BCUT2D eigenvalue weighted by Crippen LogP contribution is 2.23. The van der Waals surface area contributed by atoms with E-state index in [1.165, 1.54) is 4.90 Å². The van der Waals surface area contributed by atoms with Gasteiger partial charge in [-0.3, -0.25) is 14.9 Å². The summed E-state index contributed by atoms with van der Waals surface area (Å²) in [5, 5.41) is 4.32. The van der Waals surface area contributed by atoms with Crippen molar-refractivity contribution in [3.05, 3.63) is 36.4 Å². The van der Waals surface area contributed by atoms with Crippen LogP contribution in [0.3, 0.4) is 0 Å². The summed E-state index contributed by atoms with van der Waals surface area (Å²) in [7, 11) is 0. The van der Waals surface area contributed by atoms with Gasteiger partial charge in [0.25, 0.3) is 0 Å². The Morgan fingerprint density at radius 2 is 2.24 bits per heavy atom. The van der Waals surface area contributed by atoms with Gasteiger partial charge >= 0.3 is 12.2 Å². The van der Waals surface area contributed by atoms with Crippen molar-refractivity contribution < 1.29 is 18.0 Å². The van der Waals surface area contributed by atoms with E-state index < -0.39 is 18.6 Å². The van der Waals surface area contributed by atoms with Crippen LogP contribution in [-0.2, 0) is 0 Å². The minimum Gasteiger partial charge on any atom is -0.338 e. The topological polar surface area (TPSA) is 60.5 Å². The SMILES string of the molecule is CCN(C(=O)NCCCC(F)(F)F)C1=CN(c2cccnc2)NC1C. The van der Waals surface area contributed by atoms with Gasteiger partial charge in [0.15, 0.2) is 0 Å². The average molecular weight is 357 g/mol. The fourth-order valence-electron chi connectivity index (χ4n) is 2.53. The zero-order valence-electron chi connectivity index (χ0n) is 14.2. The second kappa shape index (κ2) is 8.19. The lowest BCUT2D eigenvalue weighted by Gasteiger charge is -2.24. The number of hydrazine groups is 1. The Morgan fingerprint density at radius 1 is 1.48 bits per heavy atom. The molecule has 0 aromatic carbocycles. The maximum Gasteiger partial charge on any atom is 0.389 e. The summed E-state index contributed by atoms with van der Waals surface area (Å²) in [6.45, 7) is 4.11. The third-order valence-electron chi connectivity index (χ3n) is 3.75. The number of likely N-dealkylation sites (N-methyl/N-ethyl adjacent to an activating group) is 1. The molecule has 1 atom stereocenters. The van der Waals surface area contributed by atoms with Crippen LogP contribution >= 0.6 is 0 Å². The molecule has 1 aliphatic rings. The largest absolute Gasteiger partial charge is 0.389 e. The van der Waals surface area contributed by atoms with Gasteiger partial charge in [0.2, 0.25) is 0 Å². The molecular formula is C16H22F3N5O. The Balaban J connectivity index is 1.97. The number of urea groups is 1. The van der Waals surface area contributed by atoms with E-state index in [0.29, 0.717) is 6.54 Å². The molecule has 138 valence electrons. The first-order chi connectivity index (χ1) is 11.8. The van der Waals surface area contributed by atoms with Crippen molar-refractivity contribution in [1.82, 2.24) is 20.6 Å². The second-order valence-corrected chi connectivity index (χ2v) is 5.68. The van der Waals surface area contributed by atoms with Crippen LogP contribution in [0.1, 0.15) is 26.7 Å². The smallest absolute Gasteiger partial charge is 0.338 e. The van der Waals surface area contributed by atoms with Gasteiger partial charge in [-0.1, -0.05) is 0 Å². The van der Waals surface area contributed by atoms with Gasteiger partial charge in [-0.2, -0.15) is 13.2 Å². The lowest BCUT2D eigenvalue weighted by molar-refractivity contribution is -0.135. The highest BCUT2D eigenvalue weighted by Gasteiger charge is 2.29. The highest BCUT2D eigenvalue weighted by molar-refractivity contribution is 5.76. The van der Waals surface area contributed by atoms with Crippen molar-refractivity contribution in [3.8, 4) is 0 Å². The number of anilines is 1. The summed E-state index contributed by atoms with van der Waals surface area (Å²) in [4.78, 5) is 17.9. The van der Waals surface area contributed by atoms with E-state index in [4.69, 9.17) is 0 Å². The molecule has 1 aliphatic heterocycles. The molecule has 0 aliphatic carbocycles. The number of carbonyl (C=O) groups is 1. The summed E-state index contributed by atoms with van der Waals surface area (Å²) in [5.74, 6) is 0. The van der Waals surface area contributed by atoms with Gasteiger partial charge in [0, 0.05) is 31.9 Å². The Kier molecular flexibility index (Phi) is 6.24. The van der Waals surface area contributed by atoms with Crippen LogP contribution in [0.4, 0.5) is 23.7 Å². The van der Waals surface area contributed by atoms with Crippen LogP contribution in [0, 0.1) is 0 Å². The number of aromatic nitrogens is 1.